The standard InChI is InChI=1S/C6H9NO/c8-4-6-1-5(6)2-7-3-6/h4-5,7H,1-3H2/t5-,6+/m1/s1. The normalized spacial score (nSPS) is 50.8. The van der Waals surface area contributed by atoms with Crippen molar-refractivity contribution in [1.82, 2.24) is 5.32 Å². The smallest absolute Gasteiger partial charge is 0.127 e. The van der Waals surface area contributed by atoms with Gasteiger partial charge in [0, 0.05) is 12.0 Å². The molecular weight excluding hydrogens is 102 g/mol. The Morgan fingerprint density at radius 1 is 1.75 bits per heavy atom. The number of carbonyl (C=O) groups excluding carboxylic acids is 1. The minimum absolute atomic E-state index is 0.111. The highest BCUT2D eigenvalue weighted by atomic mass is 16.1. The van der Waals surface area contributed by atoms with Crippen LogP contribution in [0.4, 0.5) is 0 Å². The number of nitrogens with one attached hydrogen (secondary N) is 1. The van der Waals surface area contributed by atoms with Gasteiger partial charge in [-0.05, 0) is 18.9 Å². The van der Waals surface area contributed by atoms with Crippen LogP contribution in [0.15, 0.2) is 0 Å². The second-order valence-corrected chi connectivity index (χ2v) is 2.88. The third kappa shape index (κ3) is 0.348. The van der Waals surface area contributed by atoms with E-state index in [9.17, 15) is 4.79 Å². The summed E-state index contributed by atoms with van der Waals surface area (Å²) in [6.45, 7) is 2.00. The zero-order valence-corrected chi connectivity index (χ0v) is 4.68. The van der Waals surface area contributed by atoms with Gasteiger partial charge in [0.1, 0.15) is 6.29 Å². The van der Waals surface area contributed by atoms with E-state index in [0.29, 0.717) is 5.92 Å². The van der Waals surface area contributed by atoms with Gasteiger partial charge in [0.2, 0.25) is 0 Å². The molecule has 2 rings (SSSR count). The molecule has 0 unspecified atom stereocenters. The van der Waals surface area contributed by atoms with Crippen molar-refractivity contribution in [2.45, 2.75) is 6.42 Å². The second-order valence-electron chi connectivity index (χ2n) is 2.88. The van der Waals surface area contributed by atoms with E-state index in [1.165, 1.54) is 0 Å². The van der Waals surface area contributed by atoms with Crippen molar-refractivity contribution in [3.8, 4) is 0 Å². The quantitative estimate of drug-likeness (QED) is 0.474. The average molecular weight is 111 g/mol. The Balaban J connectivity index is 2.18. The Bertz CT molecular complexity index is 134. The maximum absolute atomic E-state index is 10.3. The Kier molecular flexibility index (Phi) is 0.637. The number of hydrogen-bond donors (Lipinski definition) is 1. The molecule has 0 aromatic rings. The Morgan fingerprint density at radius 3 is 2.88 bits per heavy atom. The molecule has 1 heterocycles. The van der Waals surface area contributed by atoms with Crippen LogP contribution in [0, 0.1) is 11.3 Å². The predicted octanol–water partition coefficient (Wildman–Crippen LogP) is -0.205. The summed E-state index contributed by atoms with van der Waals surface area (Å²) in [4.78, 5) is 10.3. The van der Waals surface area contributed by atoms with Crippen molar-refractivity contribution >= 4 is 6.29 Å². The molecule has 1 aliphatic carbocycles. The van der Waals surface area contributed by atoms with Gasteiger partial charge in [0.15, 0.2) is 0 Å². The molecule has 0 amide bonds. The van der Waals surface area contributed by atoms with Crippen molar-refractivity contribution < 1.29 is 4.79 Å². The van der Waals surface area contributed by atoms with Crippen LogP contribution in [0.3, 0.4) is 0 Å². The molecular formula is C6H9NO. The molecule has 2 atom stereocenters. The van der Waals surface area contributed by atoms with Gasteiger partial charge < -0.3 is 10.1 Å². The topological polar surface area (TPSA) is 29.1 Å². The maximum Gasteiger partial charge on any atom is 0.127 e. The molecule has 2 aliphatic rings. The van der Waals surface area contributed by atoms with E-state index in [1.807, 2.05) is 0 Å². The number of hydrogen-bond acceptors (Lipinski definition) is 2. The fraction of sp³-hybridized carbons (Fsp3) is 0.833. The summed E-state index contributed by atoms with van der Waals surface area (Å²) < 4.78 is 0. The molecule has 2 heteroatoms. The summed E-state index contributed by atoms with van der Waals surface area (Å²) in [7, 11) is 0. The van der Waals surface area contributed by atoms with E-state index >= 15 is 0 Å². The fourth-order valence-corrected chi connectivity index (χ4v) is 1.56. The van der Waals surface area contributed by atoms with Gasteiger partial charge >= 0.3 is 0 Å². The highest BCUT2D eigenvalue weighted by Gasteiger charge is 2.57. The minimum Gasteiger partial charge on any atom is -0.315 e. The van der Waals surface area contributed by atoms with Crippen molar-refractivity contribution in [1.29, 1.82) is 0 Å². The third-order valence-electron chi connectivity index (χ3n) is 2.36. The van der Waals surface area contributed by atoms with Gasteiger partial charge in [-0.25, -0.2) is 0 Å². The summed E-state index contributed by atoms with van der Waals surface area (Å²) in [5, 5.41) is 3.18. The van der Waals surface area contributed by atoms with Crippen LogP contribution in [0.5, 0.6) is 0 Å². The molecule has 1 N–H and O–H groups in total. The fourth-order valence-electron chi connectivity index (χ4n) is 1.56. The first kappa shape index (κ1) is 4.50. The first-order valence-corrected chi connectivity index (χ1v) is 3.04. The number of fused-ring (bicyclic) bond motifs is 1. The van der Waals surface area contributed by atoms with E-state index in [1.54, 1.807) is 0 Å². The van der Waals surface area contributed by atoms with Gasteiger partial charge in [-0.1, -0.05) is 0 Å². The average Bonchev–Trinajstić information content (AvgIpc) is 2.38. The van der Waals surface area contributed by atoms with E-state index in [-0.39, 0.29) is 5.41 Å². The lowest BCUT2D eigenvalue weighted by Crippen LogP contribution is -2.16. The molecule has 0 radical (unpaired) electrons. The Labute approximate surface area is 48.3 Å². The van der Waals surface area contributed by atoms with Gasteiger partial charge in [0.05, 0.1) is 0 Å². The Hall–Kier alpha value is -0.370. The van der Waals surface area contributed by atoms with E-state index in [2.05, 4.69) is 5.32 Å². The monoisotopic (exact) mass is 111 g/mol. The highest BCUT2D eigenvalue weighted by molar-refractivity contribution is 5.66. The van der Waals surface area contributed by atoms with Crippen LogP contribution in [-0.2, 0) is 4.79 Å². The van der Waals surface area contributed by atoms with Crippen molar-refractivity contribution in [2.75, 3.05) is 13.1 Å². The van der Waals surface area contributed by atoms with E-state index < -0.39 is 0 Å². The van der Waals surface area contributed by atoms with Crippen molar-refractivity contribution in [2.24, 2.45) is 11.3 Å². The summed E-state index contributed by atoms with van der Waals surface area (Å²) in [5.41, 5.74) is 0.111. The van der Waals surface area contributed by atoms with Crippen LogP contribution >= 0.6 is 0 Å². The molecule has 2 nitrogen and oxygen atoms in total. The molecule has 0 bridgehead atoms. The first-order valence-electron chi connectivity index (χ1n) is 3.04. The molecule has 8 heavy (non-hydrogen) atoms. The molecule has 0 spiro atoms. The number of carbonyl (C=O) groups is 1. The van der Waals surface area contributed by atoms with Crippen LogP contribution in [-0.4, -0.2) is 19.4 Å². The third-order valence-corrected chi connectivity index (χ3v) is 2.36. The van der Waals surface area contributed by atoms with Gasteiger partial charge in [-0.15, -0.1) is 0 Å². The van der Waals surface area contributed by atoms with Crippen molar-refractivity contribution in [3.05, 3.63) is 0 Å². The zero-order valence-electron chi connectivity index (χ0n) is 4.68. The molecule has 44 valence electrons. The van der Waals surface area contributed by atoms with E-state index in [0.717, 1.165) is 25.8 Å². The largest absolute Gasteiger partial charge is 0.315 e. The summed E-state index contributed by atoms with van der Waals surface area (Å²) in [6, 6.07) is 0. The van der Waals surface area contributed by atoms with Crippen molar-refractivity contribution in [3.63, 3.8) is 0 Å². The lowest BCUT2D eigenvalue weighted by molar-refractivity contribution is -0.112. The number of aldehydes is 1. The first-order chi connectivity index (χ1) is 3.87. The lowest BCUT2D eigenvalue weighted by atomic mass is 10.1. The van der Waals surface area contributed by atoms with Crippen LogP contribution in [0.2, 0.25) is 0 Å². The van der Waals surface area contributed by atoms with Crippen LogP contribution < -0.4 is 5.32 Å². The maximum atomic E-state index is 10.3. The summed E-state index contributed by atoms with van der Waals surface area (Å²) in [6.07, 6.45) is 2.27. The van der Waals surface area contributed by atoms with Crippen LogP contribution in [0.25, 0.3) is 0 Å². The lowest BCUT2D eigenvalue weighted by Gasteiger charge is -1.96. The van der Waals surface area contributed by atoms with Gasteiger partial charge in [0.25, 0.3) is 0 Å². The molecule has 1 saturated heterocycles. The van der Waals surface area contributed by atoms with Crippen LogP contribution in [0.1, 0.15) is 6.42 Å². The van der Waals surface area contributed by atoms with Gasteiger partial charge in [-0.3, -0.25) is 0 Å². The second kappa shape index (κ2) is 1.13. The molecule has 0 aromatic carbocycles. The molecule has 2 fully saturated rings. The van der Waals surface area contributed by atoms with E-state index in [4.69, 9.17) is 0 Å². The Morgan fingerprint density at radius 2 is 2.62 bits per heavy atom. The molecule has 0 aromatic heterocycles. The minimum atomic E-state index is 0.111. The SMILES string of the molecule is O=C[C@]12CNC[C@H]1C2. The highest BCUT2D eigenvalue weighted by Crippen LogP contribution is 2.52. The molecule has 1 aliphatic heterocycles. The number of rotatable bonds is 1. The predicted molar refractivity (Wildman–Crippen MR) is 29.5 cm³/mol. The zero-order chi connectivity index (χ0) is 5.61. The molecule has 1 saturated carbocycles. The number of piperidine rings is 1. The summed E-state index contributed by atoms with van der Waals surface area (Å²) in [5.74, 6) is 0.694. The summed E-state index contributed by atoms with van der Waals surface area (Å²) >= 11 is 0. The van der Waals surface area contributed by atoms with Gasteiger partial charge in [-0.2, -0.15) is 0 Å².